The first-order valence-electron chi connectivity index (χ1n) is 5.09. The maximum Gasteiger partial charge on any atom is 0.0587 e. The Bertz CT molecular complexity index is 107. The van der Waals surface area contributed by atoms with Crippen molar-refractivity contribution in [3.63, 3.8) is 0 Å². The maximum atomic E-state index is 4.94. The summed E-state index contributed by atoms with van der Waals surface area (Å²) in [6.45, 7) is 10.5. The van der Waals surface area contributed by atoms with Crippen LogP contribution in [-0.2, 0) is 4.74 Å². The minimum absolute atomic E-state index is 0.541. The summed E-state index contributed by atoms with van der Waals surface area (Å²) in [5.74, 6) is 0.724. The summed E-state index contributed by atoms with van der Waals surface area (Å²) >= 11 is 0. The average molecular weight is 188 g/mol. The Balaban J connectivity index is 3.15. The van der Waals surface area contributed by atoms with Gasteiger partial charge in [-0.3, -0.25) is 0 Å². The van der Waals surface area contributed by atoms with Crippen molar-refractivity contribution in [2.24, 2.45) is 5.92 Å². The zero-order valence-corrected chi connectivity index (χ0v) is 9.39. The molecule has 1 unspecified atom stereocenters. The zero-order chi connectivity index (χ0) is 10.1. The fraction of sp³-hybridized carbons (Fsp3) is 1.00. The highest BCUT2D eigenvalue weighted by atomic mass is 16.5. The summed E-state index contributed by atoms with van der Waals surface area (Å²) < 4.78 is 4.94. The van der Waals surface area contributed by atoms with Crippen LogP contribution in [0.3, 0.4) is 0 Å². The fourth-order valence-corrected chi connectivity index (χ4v) is 1.00. The molecule has 0 radical (unpaired) electrons. The number of hydrogen-bond donors (Lipinski definition) is 2. The predicted octanol–water partition coefficient (Wildman–Crippen LogP) is 0.856. The molecule has 0 fully saturated rings. The lowest BCUT2D eigenvalue weighted by atomic mass is 10.2. The van der Waals surface area contributed by atoms with E-state index in [0.29, 0.717) is 6.04 Å². The highest BCUT2D eigenvalue weighted by molar-refractivity contribution is 4.64. The molecule has 0 saturated heterocycles. The molecule has 0 aliphatic heterocycles. The van der Waals surface area contributed by atoms with Crippen LogP contribution in [0.2, 0.25) is 0 Å². The van der Waals surface area contributed by atoms with Gasteiger partial charge in [-0.25, -0.2) is 0 Å². The molecule has 0 rings (SSSR count). The van der Waals surface area contributed by atoms with Gasteiger partial charge in [-0.2, -0.15) is 0 Å². The lowest BCUT2D eigenvalue weighted by molar-refractivity contribution is 0.198. The van der Waals surface area contributed by atoms with Gasteiger partial charge in [0.05, 0.1) is 6.61 Å². The van der Waals surface area contributed by atoms with Crippen molar-refractivity contribution >= 4 is 0 Å². The van der Waals surface area contributed by atoms with Crippen molar-refractivity contribution in [1.29, 1.82) is 0 Å². The van der Waals surface area contributed by atoms with Gasteiger partial charge < -0.3 is 15.4 Å². The molecule has 0 spiro atoms. The Morgan fingerprint density at radius 3 is 2.38 bits per heavy atom. The molecule has 0 aromatic carbocycles. The smallest absolute Gasteiger partial charge is 0.0587 e. The van der Waals surface area contributed by atoms with Crippen LogP contribution in [0.15, 0.2) is 0 Å². The normalized spacial score (nSPS) is 13.6. The third-order valence-electron chi connectivity index (χ3n) is 1.81. The predicted molar refractivity (Wildman–Crippen MR) is 57.0 cm³/mol. The van der Waals surface area contributed by atoms with E-state index in [1.807, 2.05) is 0 Å². The van der Waals surface area contributed by atoms with Gasteiger partial charge in [-0.1, -0.05) is 13.8 Å². The van der Waals surface area contributed by atoms with E-state index in [0.717, 1.165) is 32.2 Å². The van der Waals surface area contributed by atoms with Crippen LogP contribution >= 0.6 is 0 Å². The summed E-state index contributed by atoms with van der Waals surface area (Å²) in [5.41, 5.74) is 0. The Labute approximate surface area is 82.2 Å². The van der Waals surface area contributed by atoms with E-state index in [1.54, 1.807) is 7.11 Å². The highest BCUT2D eigenvalue weighted by Gasteiger charge is 2.00. The van der Waals surface area contributed by atoms with Crippen molar-refractivity contribution in [3.05, 3.63) is 0 Å². The average Bonchev–Trinajstić information content (AvgIpc) is 2.09. The molecule has 0 heterocycles. The Hall–Kier alpha value is -0.120. The Kier molecular flexibility index (Phi) is 8.40. The van der Waals surface area contributed by atoms with Crippen molar-refractivity contribution < 1.29 is 4.74 Å². The monoisotopic (exact) mass is 188 g/mol. The van der Waals surface area contributed by atoms with Crippen LogP contribution in [0.25, 0.3) is 0 Å². The molecule has 0 aromatic rings. The highest BCUT2D eigenvalue weighted by Crippen LogP contribution is 1.88. The molecule has 0 amide bonds. The number of ether oxygens (including phenoxy) is 1. The number of rotatable bonds is 8. The molecule has 0 aromatic heterocycles. The lowest BCUT2D eigenvalue weighted by Crippen LogP contribution is -2.38. The molecule has 0 aliphatic rings. The van der Waals surface area contributed by atoms with Crippen LogP contribution in [0, 0.1) is 5.92 Å². The maximum absolute atomic E-state index is 4.94. The summed E-state index contributed by atoms with van der Waals surface area (Å²) in [7, 11) is 1.72. The van der Waals surface area contributed by atoms with E-state index in [2.05, 4.69) is 31.4 Å². The molecule has 3 heteroatoms. The molecule has 1 atom stereocenters. The molecule has 13 heavy (non-hydrogen) atoms. The van der Waals surface area contributed by atoms with Gasteiger partial charge in [-0.15, -0.1) is 0 Å². The van der Waals surface area contributed by atoms with Crippen molar-refractivity contribution in [2.75, 3.05) is 33.4 Å². The second kappa shape index (κ2) is 8.48. The van der Waals surface area contributed by atoms with Gasteiger partial charge >= 0.3 is 0 Å². The first-order chi connectivity index (χ1) is 6.16. The molecule has 0 bridgehead atoms. The summed E-state index contributed by atoms with van der Waals surface area (Å²) in [6, 6.07) is 0.541. The van der Waals surface area contributed by atoms with Gasteiger partial charge in [0, 0.05) is 26.2 Å². The second-order valence-electron chi connectivity index (χ2n) is 3.90. The third-order valence-corrected chi connectivity index (χ3v) is 1.81. The Morgan fingerprint density at radius 1 is 1.15 bits per heavy atom. The lowest BCUT2D eigenvalue weighted by Gasteiger charge is -2.15. The molecule has 0 aliphatic carbocycles. The van der Waals surface area contributed by atoms with Crippen LogP contribution in [0.5, 0.6) is 0 Å². The SMILES string of the molecule is COCCNCC(C)NCC(C)C. The van der Waals surface area contributed by atoms with E-state index in [4.69, 9.17) is 4.74 Å². The second-order valence-corrected chi connectivity index (χ2v) is 3.90. The summed E-state index contributed by atoms with van der Waals surface area (Å²) in [5, 5.41) is 6.78. The first-order valence-corrected chi connectivity index (χ1v) is 5.09. The molecule has 80 valence electrons. The molecule has 2 N–H and O–H groups in total. The van der Waals surface area contributed by atoms with E-state index < -0.39 is 0 Å². The number of methoxy groups -OCH3 is 1. The minimum Gasteiger partial charge on any atom is -0.383 e. The zero-order valence-electron chi connectivity index (χ0n) is 9.39. The molecular formula is C10H24N2O. The number of nitrogens with one attached hydrogen (secondary N) is 2. The molecular weight excluding hydrogens is 164 g/mol. The van der Waals surface area contributed by atoms with Crippen LogP contribution in [0.4, 0.5) is 0 Å². The molecule has 3 nitrogen and oxygen atoms in total. The van der Waals surface area contributed by atoms with Crippen LogP contribution in [-0.4, -0.2) is 39.4 Å². The summed E-state index contributed by atoms with van der Waals surface area (Å²) in [6.07, 6.45) is 0. The van der Waals surface area contributed by atoms with E-state index in [1.165, 1.54) is 0 Å². The van der Waals surface area contributed by atoms with Gasteiger partial charge in [0.15, 0.2) is 0 Å². The van der Waals surface area contributed by atoms with E-state index in [9.17, 15) is 0 Å². The van der Waals surface area contributed by atoms with Gasteiger partial charge in [0.25, 0.3) is 0 Å². The van der Waals surface area contributed by atoms with E-state index in [-0.39, 0.29) is 0 Å². The number of hydrogen-bond acceptors (Lipinski definition) is 3. The fourth-order valence-electron chi connectivity index (χ4n) is 1.00. The minimum atomic E-state index is 0.541. The van der Waals surface area contributed by atoms with Crippen LogP contribution in [0.1, 0.15) is 20.8 Å². The van der Waals surface area contributed by atoms with Gasteiger partial charge in [0.2, 0.25) is 0 Å². The largest absolute Gasteiger partial charge is 0.383 e. The summed E-state index contributed by atoms with van der Waals surface area (Å²) in [4.78, 5) is 0. The van der Waals surface area contributed by atoms with Gasteiger partial charge in [-0.05, 0) is 19.4 Å². The van der Waals surface area contributed by atoms with E-state index >= 15 is 0 Å². The van der Waals surface area contributed by atoms with Crippen molar-refractivity contribution in [2.45, 2.75) is 26.8 Å². The standard InChI is InChI=1S/C10H24N2O/c1-9(2)7-12-10(3)8-11-5-6-13-4/h9-12H,5-8H2,1-4H3. The van der Waals surface area contributed by atoms with Crippen molar-refractivity contribution in [3.8, 4) is 0 Å². The quantitative estimate of drug-likeness (QED) is 0.554. The third kappa shape index (κ3) is 9.80. The van der Waals surface area contributed by atoms with Crippen LogP contribution < -0.4 is 10.6 Å². The Morgan fingerprint density at radius 2 is 1.85 bits per heavy atom. The first kappa shape index (κ1) is 12.9. The molecule has 0 saturated carbocycles. The van der Waals surface area contributed by atoms with Crippen molar-refractivity contribution in [1.82, 2.24) is 10.6 Å². The van der Waals surface area contributed by atoms with Gasteiger partial charge in [0.1, 0.15) is 0 Å². The topological polar surface area (TPSA) is 33.3 Å².